The van der Waals surface area contributed by atoms with Gasteiger partial charge in [-0.2, -0.15) is 5.10 Å². The highest BCUT2D eigenvalue weighted by Gasteiger charge is 2.46. The van der Waals surface area contributed by atoms with Gasteiger partial charge in [0.1, 0.15) is 6.17 Å². The number of carbonyl (C=O) groups is 1. The van der Waals surface area contributed by atoms with Gasteiger partial charge in [0, 0.05) is 36.0 Å². The molecule has 0 aliphatic heterocycles. The lowest BCUT2D eigenvalue weighted by Gasteiger charge is -2.36. The minimum Gasteiger partial charge on any atom is -0.378 e. The van der Waals surface area contributed by atoms with Gasteiger partial charge in [0.25, 0.3) is 5.92 Å². The zero-order chi connectivity index (χ0) is 23.8. The molecule has 2 aliphatic carbocycles. The number of fused-ring (bicyclic) bond motifs is 2. The number of aromatic nitrogens is 5. The van der Waals surface area contributed by atoms with Gasteiger partial charge in [0.2, 0.25) is 5.91 Å². The Labute approximate surface area is 193 Å². The monoisotopic (exact) mass is 493 g/mol. The number of H-pyrrole nitrogens is 1. The van der Waals surface area contributed by atoms with Crippen LogP contribution in [-0.4, -0.2) is 48.6 Å². The zero-order valence-electron chi connectivity index (χ0n) is 17.2. The molecule has 8 nitrogen and oxygen atoms in total. The summed E-state index contributed by atoms with van der Waals surface area (Å²) in [6.07, 6.45) is 4.23. The van der Waals surface area contributed by atoms with E-state index >= 15 is 4.39 Å². The normalized spacial score (nSPS) is 21.6. The average Bonchev–Trinajstić information content (AvgIpc) is 3.14. The first-order chi connectivity index (χ1) is 16.2. The summed E-state index contributed by atoms with van der Waals surface area (Å²) in [6, 6.07) is -0.588. The second-order valence-corrected chi connectivity index (χ2v) is 9.03. The number of alkyl halides is 3. The highest BCUT2D eigenvalue weighted by Crippen LogP contribution is 2.44. The fourth-order valence-electron chi connectivity index (χ4n) is 4.21. The van der Waals surface area contributed by atoms with Crippen molar-refractivity contribution in [2.24, 2.45) is 5.92 Å². The zero-order valence-corrected chi connectivity index (χ0v) is 18.0. The Hall–Kier alpha value is -3.41. The van der Waals surface area contributed by atoms with E-state index in [4.69, 9.17) is 11.6 Å². The number of nitrogens with zero attached hydrogens (tertiary/aromatic N) is 4. The van der Waals surface area contributed by atoms with Gasteiger partial charge in [-0.1, -0.05) is 11.6 Å². The summed E-state index contributed by atoms with van der Waals surface area (Å²) in [5.41, 5.74) is 1.20. The van der Waals surface area contributed by atoms with Crippen molar-refractivity contribution in [3.8, 4) is 11.3 Å². The number of amides is 1. The van der Waals surface area contributed by atoms with Crippen LogP contribution in [0.15, 0.2) is 24.8 Å². The highest BCUT2D eigenvalue weighted by molar-refractivity contribution is 6.35. The number of hydrogen-bond acceptors (Lipinski definition) is 5. The first kappa shape index (κ1) is 21.1. The maximum Gasteiger partial charge on any atom is 0.252 e. The average molecular weight is 494 g/mol. The Bertz CT molecular complexity index is 1460. The van der Waals surface area contributed by atoms with Gasteiger partial charge >= 0.3 is 0 Å². The molecule has 2 fully saturated rings. The van der Waals surface area contributed by atoms with Crippen LogP contribution in [-0.2, 0) is 4.79 Å². The second-order valence-electron chi connectivity index (χ2n) is 8.65. The second kappa shape index (κ2) is 7.29. The smallest absolute Gasteiger partial charge is 0.252 e. The van der Waals surface area contributed by atoms with Crippen LogP contribution in [0.2, 0.25) is 5.02 Å². The van der Waals surface area contributed by atoms with E-state index in [0.717, 1.165) is 0 Å². The molecule has 6 rings (SSSR count). The molecule has 176 valence electrons. The number of nitrogens with one attached hydrogen (secondary N) is 3. The van der Waals surface area contributed by atoms with Crippen molar-refractivity contribution < 1.29 is 22.4 Å². The first-order valence-corrected chi connectivity index (χ1v) is 10.9. The summed E-state index contributed by atoms with van der Waals surface area (Å²) in [7, 11) is 0. The molecule has 0 radical (unpaired) electrons. The number of benzene rings is 1. The number of hydrogen-bond donors (Lipinski definition) is 3. The van der Waals surface area contributed by atoms with Gasteiger partial charge < -0.3 is 15.0 Å². The Kier molecular flexibility index (Phi) is 4.54. The fraction of sp³-hybridized carbons (Fsp3) is 0.333. The molecule has 1 amide bonds. The Balaban J connectivity index is 1.36. The Morgan fingerprint density at radius 1 is 1.26 bits per heavy atom. The molecule has 0 unspecified atom stereocenters. The predicted molar refractivity (Wildman–Crippen MR) is 116 cm³/mol. The first-order valence-electron chi connectivity index (χ1n) is 10.5. The van der Waals surface area contributed by atoms with Crippen molar-refractivity contribution in [1.82, 2.24) is 24.6 Å². The molecule has 1 aromatic carbocycles. The van der Waals surface area contributed by atoms with E-state index < -0.39 is 48.6 Å². The Morgan fingerprint density at radius 3 is 2.74 bits per heavy atom. The maximum absolute atomic E-state index is 15.3. The molecule has 34 heavy (non-hydrogen) atoms. The number of anilines is 2. The van der Waals surface area contributed by atoms with Crippen LogP contribution in [0.5, 0.6) is 0 Å². The topological polar surface area (TPSA) is 100 Å². The lowest BCUT2D eigenvalue weighted by Crippen LogP contribution is -2.44. The molecule has 0 bridgehead atoms. The molecule has 2 atom stereocenters. The van der Waals surface area contributed by atoms with E-state index in [1.807, 2.05) is 0 Å². The Morgan fingerprint density at radius 2 is 2.03 bits per heavy atom. The van der Waals surface area contributed by atoms with Crippen LogP contribution in [0.25, 0.3) is 27.8 Å². The van der Waals surface area contributed by atoms with Crippen LogP contribution in [0.1, 0.15) is 19.3 Å². The SMILES string of the molecule is O=C(Nc1cn2cc(-c3c(Cl)c(F)c(NC4CC(F)(F)C4)c4[nH]ncc34)ncc2n1)[C@@H]1C[C@@H]1F. The van der Waals surface area contributed by atoms with E-state index in [9.17, 15) is 18.0 Å². The number of carbonyl (C=O) groups excluding carboxylic acids is 1. The van der Waals surface area contributed by atoms with Crippen LogP contribution < -0.4 is 10.6 Å². The van der Waals surface area contributed by atoms with Crippen LogP contribution in [0, 0.1) is 11.7 Å². The molecule has 2 saturated carbocycles. The molecule has 3 aromatic heterocycles. The summed E-state index contributed by atoms with van der Waals surface area (Å²) in [5.74, 6) is -4.45. The van der Waals surface area contributed by atoms with Crippen LogP contribution in [0.3, 0.4) is 0 Å². The summed E-state index contributed by atoms with van der Waals surface area (Å²) in [5, 5.41) is 12.3. The van der Waals surface area contributed by atoms with Gasteiger partial charge in [0.05, 0.1) is 46.4 Å². The van der Waals surface area contributed by atoms with E-state index in [0.29, 0.717) is 16.7 Å². The van der Waals surface area contributed by atoms with Crippen molar-refractivity contribution in [2.45, 2.75) is 37.4 Å². The molecular formula is C21H16ClF4N7O. The molecule has 3 N–H and O–H groups in total. The van der Waals surface area contributed by atoms with Crippen molar-refractivity contribution in [2.75, 3.05) is 10.6 Å². The number of imidazole rings is 1. The van der Waals surface area contributed by atoms with Gasteiger partial charge in [-0.25, -0.2) is 22.5 Å². The highest BCUT2D eigenvalue weighted by atomic mass is 35.5. The predicted octanol–water partition coefficient (Wildman–Crippen LogP) is 4.57. The fourth-order valence-corrected chi connectivity index (χ4v) is 4.50. The largest absolute Gasteiger partial charge is 0.378 e. The van der Waals surface area contributed by atoms with Crippen molar-refractivity contribution in [3.63, 3.8) is 0 Å². The van der Waals surface area contributed by atoms with Gasteiger partial charge in [-0.3, -0.25) is 14.9 Å². The van der Waals surface area contributed by atoms with Crippen molar-refractivity contribution >= 4 is 45.6 Å². The third-order valence-corrected chi connectivity index (χ3v) is 6.48. The van der Waals surface area contributed by atoms with Crippen molar-refractivity contribution in [3.05, 3.63) is 35.6 Å². The van der Waals surface area contributed by atoms with E-state index in [1.54, 1.807) is 10.6 Å². The molecule has 2 aliphatic rings. The summed E-state index contributed by atoms with van der Waals surface area (Å²) < 4.78 is 56.4. The standard InChI is InChI=1S/C21H16ClF4N7O/c22-16-15(10-4-28-32-18(10)19(17(16)24)29-8-2-21(25,26)3-8)12-6-33-7-13(30-14(33)5-27-12)31-20(34)9-1-11(9)23/h4-9,11,29H,1-3H2,(H,28,32)(H,31,34)/t9-,11+/m1/s1. The number of halogens is 5. The lowest BCUT2D eigenvalue weighted by atomic mass is 9.88. The number of aromatic amines is 1. The molecule has 0 saturated heterocycles. The van der Waals surface area contributed by atoms with Crippen molar-refractivity contribution in [1.29, 1.82) is 0 Å². The summed E-state index contributed by atoms with van der Waals surface area (Å²) in [4.78, 5) is 20.6. The molecule has 0 spiro atoms. The molecule has 4 aromatic rings. The third kappa shape index (κ3) is 3.44. The van der Waals surface area contributed by atoms with Gasteiger partial charge in [0.15, 0.2) is 17.3 Å². The third-order valence-electron chi connectivity index (χ3n) is 6.13. The molecular weight excluding hydrogens is 478 g/mol. The van der Waals surface area contributed by atoms with Crippen LogP contribution >= 0.6 is 11.6 Å². The summed E-state index contributed by atoms with van der Waals surface area (Å²) in [6.45, 7) is 0. The van der Waals surface area contributed by atoms with Gasteiger partial charge in [-0.15, -0.1) is 0 Å². The molecule has 3 heterocycles. The van der Waals surface area contributed by atoms with Gasteiger partial charge in [-0.05, 0) is 6.42 Å². The summed E-state index contributed by atoms with van der Waals surface area (Å²) >= 11 is 6.39. The maximum atomic E-state index is 15.3. The minimum absolute atomic E-state index is 0.0262. The molecule has 13 heteroatoms. The van der Waals surface area contributed by atoms with E-state index in [1.165, 1.54) is 18.6 Å². The minimum atomic E-state index is -2.76. The van der Waals surface area contributed by atoms with E-state index in [-0.39, 0.29) is 34.0 Å². The quantitative estimate of drug-likeness (QED) is 0.354. The number of rotatable bonds is 5. The lowest BCUT2D eigenvalue weighted by molar-refractivity contribution is -0.117. The van der Waals surface area contributed by atoms with Crippen LogP contribution in [0.4, 0.5) is 29.1 Å². The van der Waals surface area contributed by atoms with E-state index in [2.05, 4.69) is 30.8 Å².